The van der Waals surface area contributed by atoms with Crippen LogP contribution >= 0.6 is 24.0 Å². The Morgan fingerprint density at radius 2 is 1.97 bits per heavy atom. The Morgan fingerprint density at radius 3 is 2.55 bits per heavy atom. The van der Waals surface area contributed by atoms with Crippen molar-refractivity contribution in [3.05, 3.63) is 47.8 Å². The molecular weight excluding hydrogens is 481 g/mol. The molecule has 0 fully saturated rings. The van der Waals surface area contributed by atoms with E-state index in [1.807, 2.05) is 38.4 Å². The van der Waals surface area contributed by atoms with Gasteiger partial charge in [0.25, 0.3) is 0 Å². The molecule has 1 aromatic carbocycles. The van der Waals surface area contributed by atoms with Crippen molar-refractivity contribution in [2.75, 3.05) is 26.7 Å². The molecule has 8 heteroatoms. The highest BCUT2D eigenvalue weighted by Gasteiger charge is 2.25. The Morgan fingerprint density at radius 1 is 1.24 bits per heavy atom. The van der Waals surface area contributed by atoms with E-state index in [0.29, 0.717) is 19.0 Å². The third-order valence-electron chi connectivity index (χ3n) is 4.75. The fourth-order valence-electron chi connectivity index (χ4n) is 2.81. The fourth-order valence-corrected chi connectivity index (χ4v) is 2.81. The van der Waals surface area contributed by atoms with Crippen molar-refractivity contribution < 1.29 is 9.84 Å². The first-order valence-electron chi connectivity index (χ1n) is 9.56. The van der Waals surface area contributed by atoms with Crippen LogP contribution < -0.4 is 15.4 Å². The number of aliphatic hydroxyl groups is 1. The minimum Gasteiger partial charge on any atom is -0.497 e. The molecule has 0 aliphatic rings. The molecule has 0 aliphatic heterocycles. The van der Waals surface area contributed by atoms with Crippen molar-refractivity contribution in [3.63, 3.8) is 0 Å². The predicted octanol–water partition coefficient (Wildman–Crippen LogP) is 2.79. The van der Waals surface area contributed by atoms with Crippen LogP contribution in [0.1, 0.15) is 38.8 Å². The summed E-state index contributed by atoms with van der Waals surface area (Å²) in [6.45, 7) is 9.74. The van der Waals surface area contributed by atoms with Crippen LogP contribution in [0.15, 0.2) is 41.7 Å². The van der Waals surface area contributed by atoms with Crippen molar-refractivity contribution in [1.82, 2.24) is 20.4 Å². The normalized spacial score (nSPS) is 14.0. The molecule has 7 nitrogen and oxygen atoms in total. The van der Waals surface area contributed by atoms with E-state index in [-0.39, 0.29) is 29.4 Å². The minimum absolute atomic E-state index is 0. The molecule has 0 saturated heterocycles. The topological polar surface area (TPSA) is 83.7 Å². The molecule has 0 spiro atoms. The molecule has 0 aliphatic carbocycles. The van der Waals surface area contributed by atoms with Gasteiger partial charge in [0.05, 0.1) is 26.4 Å². The summed E-state index contributed by atoms with van der Waals surface area (Å²) in [5.74, 6) is 1.51. The van der Waals surface area contributed by atoms with Gasteiger partial charge in [-0.25, -0.2) is 0 Å². The molecule has 0 amide bonds. The van der Waals surface area contributed by atoms with Crippen molar-refractivity contribution in [1.29, 1.82) is 0 Å². The van der Waals surface area contributed by atoms with E-state index < -0.39 is 5.60 Å². The van der Waals surface area contributed by atoms with Gasteiger partial charge in [-0.2, -0.15) is 5.10 Å². The van der Waals surface area contributed by atoms with E-state index in [1.54, 1.807) is 24.9 Å². The number of nitrogens with zero attached hydrogens (tertiary/aromatic N) is 3. The third-order valence-corrected chi connectivity index (χ3v) is 4.75. The summed E-state index contributed by atoms with van der Waals surface area (Å²) in [4.78, 5) is 4.74. The highest BCUT2D eigenvalue weighted by atomic mass is 127. The Labute approximate surface area is 191 Å². The second-order valence-electron chi connectivity index (χ2n) is 7.84. The third kappa shape index (κ3) is 7.18. The molecule has 3 N–H and O–H groups in total. The SMILES string of the molecule is CCNC(=NCC(C)(C)c1cccc(OC)c1)NCC(C)(O)c1cnn(C)c1.I. The molecule has 0 bridgehead atoms. The zero-order valence-corrected chi connectivity index (χ0v) is 20.5. The lowest BCUT2D eigenvalue weighted by molar-refractivity contribution is 0.0616. The van der Waals surface area contributed by atoms with Crippen LogP contribution in [-0.2, 0) is 18.1 Å². The molecule has 1 atom stereocenters. The van der Waals surface area contributed by atoms with Crippen LogP contribution in [0.3, 0.4) is 0 Å². The fraction of sp³-hybridized carbons (Fsp3) is 0.524. The van der Waals surface area contributed by atoms with Gasteiger partial charge in [0.1, 0.15) is 11.4 Å². The number of rotatable bonds is 8. The van der Waals surface area contributed by atoms with E-state index in [0.717, 1.165) is 23.4 Å². The summed E-state index contributed by atoms with van der Waals surface area (Å²) in [6, 6.07) is 8.07. The van der Waals surface area contributed by atoms with E-state index in [4.69, 9.17) is 9.73 Å². The van der Waals surface area contributed by atoms with Crippen LogP contribution in [0.25, 0.3) is 0 Å². The van der Waals surface area contributed by atoms with Gasteiger partial charge in [-0.15, -0.1) is 24.0 Å². The summed E-state index contributed by atoms with van der Waals surface area (Å²) in [5, 5.41) is 21.4. The second kappa shape index (κ2) is 10.8. The number of halogens is 1. The maximum atomic E-state index is 10.8. The monoisotopic (exact) mass is 515 g/mol. The quantitative estimate of drug-likeness (QED) is 0.286. The van der Waals surface area contributed by atoms with Crippen molar-refractivity contribution in [2.45, 2.75) is 38.7 Å². The molecule has 1 aromatic heterocycles. The maximum Gasteiger partial charge on any atom is 0.191 e. The average molecular weight is 515 g/mol. The Kier molecular flexibility index (Phi) is 9.41. The number of aromatic nitrogens is 2. The highest BCUT2D eigenvalue weighted by Crippen LogP contribution is 2.26. The van der Waals surface area contributed by atoms with Crippen LogP contribution in [0.5, 0.6) is 5.75 Å². The number of nitrogens with one attached hydrogen (secondary N) is 2. The first kappa shape index (κ1) is 25.2. The van der Waals surface area contributed by atoms with Gasteiger partial charge in [-0.1, -0.05) is 26.0 Å². The van der Waals surface area contributed by atoms with Crippen LogP contribution in [-0.4, -0.2) is 47.6 Å². The van der Waals surface area contributed by atoms with Crippen LogP contribution in [0, 0.1) is 0 Å². The number of aliphatic imine (C=N–C) groups is 1. The molecule has 2 aromatic rings. The van der Waals surface area contributed by atoms with Gasteiger partial charge in [-0.3, -0.25) is 9.67 Å². The van der Waals surface area contributed by atoms with Gasteiger partial charge in [0, 0.05) is 30.8 Å². The lowest BCUT2D eigenvalue weighted by atomic mass is 9.84. The molecule has 0 radical (unpaired) electrons. The number of hydrogen-bond donors (Lipinski definition) is 3. The molecule has 162 valence electrons. The number of aryl methyl sites for hydroxylation is 1. The van der Waals surface area contributed by atoms with Gasteiger partial charge < -0.3 is 20.5 Å². The number of methoxy groups -OCH3 is 1. The molecular formula is C21H34IN5O2. The zero-order valence-electron chi connectivity index (χ0n) is 18.2. The van der Waals surface area contributed by atoms with Crippen LogP contribution in [0.2, 0.25) is 0 Å². The Balaban J connectivity index is 0.00000420. The summed E-state index contributed by atoms with van der Waals surface area (Å²) >= 11 is 0. The summed E-state index contributed by atoms with van der Waals surface area (Å²) < 4.78 is 7.02. The summed E-state index contributed by atoms with van der Waals surface area (Å²) in [5.41, 5.74) is 0.707. The minimum atomic E-state index is -1.05. The van der Waals surface area contributed by atoms with Gasteiger partial charge in [0.15, 0.2) is 5.96 Å². The molecule has 0 saturated carbocycles. The number of ether oxygens (including phenoxy) is 1. The average Bonchev–Trinajstić information content (AvgIpc) is 3.11. The predicted molar refractivity (Wildman–Crippen MR) is 128 cm³/mol. The van der Waals surface area contributed by atoms with E-state index in [9.17, 15) is 5.11 Å². The second-order valence-corrected chi connectivity index (χ2v) is 7.84. The molecule has 2 rings (SSSR count). The van der Waals surface area contributed by atoms with Gasteiger partial charge >= 0.3 is 0 Å². The van der Waals surface area contributed by atoms with E-state index in [2.05, 4.69) is 35.6 Å². The van der Waals surface area contributed by atoms with Crippen molar-refractivity contribution in [2.24, 2.45) is 12.0 Å². The lowest BCUT2D eigenvalue weighted by Gasteiger charge is -2.26. The maximum absolute atomic E-state index is 10.8. The van der Waals surface area contributed by atoms with Gasteiger partial charge in [-0.05, 0) is 31.5 Å². The Bertz CT molecular complexity index is 802. The Hall–Kier alpha value is -1.81. The zero-order chi connectivity index (χ0) is 20.8. The summed E-state index contributed by atoms with van der Waals surface area (Å²) in [6.07, 6.45) is 3.50. The van der Waals surface area contributed by atoms with Crippen molar-refractivity contribution >= 4 is 29.9 Å². The molecule has 1 unspecified atom stereocenters. The van der Waals surface area contributed by atoms with E-state index in [1.165, 1.54) is 0 Å². The molecule has 1 heterocycles. The lowest BCUT2D eigenvalue weighted by Crippen LogP contribution is -2.45. The standard InChI is InChI=1S/C21H33N5O2.HI/c1-7-22-19(24-15-21(4,27)17-12-25-26(5)13-17)23-14-20(2,3)16-9-8-10-18(11-16)28-6;/h8-13,27H,7,14-15H2,1-6H3,(H2,22,23,24);1H. The highest BCUT2D eigenvalue weighted by molar-refractivity contribution is 14.0. The number of hydrogen-bond acceptors (Lipinski definition) is 4. The smallest absolute Gasteiger partial charge is 0.191 e. The van der Waals surface area contributed by atoms with Gasteiger partial charge in [0.2, 0.25) is 0 Å². The summed E-state index contributed by atoms with van der Waals surface area (Å²) in [7, 11) is 3.50. The van der Waals surface area contributed by atoms with E-state index >= 15 is 0 Å². The first-order chi connectivity index (χ1) is 13.2. The number of benzene rings is 1. The first-order valence-corrected chi connectivity index (χ1v) is 9.56. The van der Waals surface area contributed by atoms with Crippen LogP contribution in [0.4, 0.5) is 0 Å². The number of guanidine groups is 1. The largest absolute Gasteiger partial charge is 0.497 e. The van der Waals surface area contributed by atoms with Crippen molar-refractivity contribution in [3.8, 4) is 5.75 Å². The molecule has 29 heavy (non-hydrogen) atoms.